The molecule has 0 aromatic carbocycles. The first-order valence-electron chi connectivity index (χ1n) is 9.93. The average molecular weight is 536 g/mol. The summed E-state index contributed by atoms with van der Waals surface area (Å²) in [5.41, 5.74) is 0. The summed E-state index contributed by atoms with van der Waals surface area (Å²) >= 11 is 0. The summed E-state index contributed by atoms with van der Waals surface area (Å²) in [5, 5.41) is 52.1. The smallest absolute Gasteiger partial charge is 0.116 e. The van der Waals surface area contributed by atoms with E-state index in [1.807, 2.05) is 81.6 Å². The molecular weight excluding hydrogens is 491 g/mol. The van der Waals surface area contributed by atoms with Crippen LogP contribution in [0.15, 0.2) is 0 Å². The van der Waals surface area contributed by atoms with E-state index in [1.54, 1.807) is 0 Å². The topological polar surface area (TPSA) is 132 Å². The van der Waals surface area contributed by atoms with Gasteiger partial charge in [-0.15, -0.1) is 0 Å². The molecule has 33 heavy (non-hydrogen) atoms. The molecule has 0 unspecified atom stereocenters. The maximum atomic E-state index is 9.15. The lowest BCUT2D eigenvalue weighted by molar-refractivity contribution is -0.873. The maximum absolute atomic E-state index is 9.15. The number of aliphatic hydroxyl groups is 3. The highest BCUT2D eigenvalue weighted by Gasteiger charge is 2.15. The van der Waals surface area contributed by atoms with Crippen molar-refractivity contribution >= 4 is 0 Å². The number of nitriles is 3. The molecule has 3 atom stereocenters. The van der Waals surface area contributed by atoms with Crippen molar-refractivity contribution in [2.24, 2.45) is 0 Å². The van der Waals surface area contributed by atoms with E-state index >= 15 is 0 Å². The minimum atomic E-state index is -0.481. The van der Waals surface area contributed by atoms with E-state index in [2.05, 4.69) is 0 Å². The summed E-state index contributed by atoms with van der Waals surface area (Å²) in [5.74, 6) is 0. The van der Waals surface area contributed by atoms with Crippen molar-refractivity contribution in [3.8, 4) is 18.2 Å². The van der Waals surface area contributed by atoms with E-state index in [0.29, 0.717) is 33.1 Å². The van der Waals surface area contributed by atoms with Crippen LogP contribution in [0.3, 0.4) is 0 Å². The summed E-state index contributed by atoms with van der Waals surface area (Å²) in [6.07, 6.45) is -0.749. The van der Waals surface area contributed by atoms with E-state index in [0.717, 1.165) is 0 Å². The zero-order valence-corrected chi connectivity index (χ0v) is 23.9. The molecule has 0 amide bonds. The van der Waals surface area contributed by atoms with Crippen LogP contribution in [0, 0.1) is 34.0 Å². The monoisotopic (exact) mass is 534 g/mol. The van der Waals surface area contributed by atoms with Crippen molar-refractivity contribution in [1.29, 1.82) is 15.8 Å². The first-order chi connectivity index (χ1) is 13.4. The lowest BCUT2D eigenvalue weighted by Gasteiger charge is -2.25. The van der Waals surface area contributed by atoms with Gasteiger partial charge in [0.25, 0.3) is 0 Å². The Balaban J connectivity index is -0.0000000792. The Hall–Kier alpha value is -0.900. The van der Waals surface area contributed by atoms with Gasteiger partial charge >= 0.3 is 0 Å². The number of nitrogens with zero attached hydrogens (tertiary/aromatic N) is 6. The van der Waals surface area contributed by atoms with Crippen LogP contribution in [0.5, 0.6) is 0 Å². The minimum absolute atomic E-state index is 0. The second-order valence-corrected chi connectivity index (χ2v) is 10.5. The zero-order valence-electron chi connectivity index (χ0n) is 21.6. The third-order valence-electron chi connectivity index (χ3n) is 3.26. The molecule has 0 aromatic rings. The number of rotatable bonds is 9. The first kappa shape index (κ1) is 45.6. The van der Waals surface area contributed by atoms with Gasteiger partial charge in [0.15, 0.2) is 0 Å². The molecule has 0 rings (SSSR count). The Morgan fingerprint density at radius 3 is 0.727 bits per heavy atom. The Kier molecular flexibility index (Phi) is 31.6. The molecule has 9 nitrogen and oxygen atoms in total. The molecular formula is C21H45Cl3N6O3. The van der Waals surface area contributed by atoms with Crippen molar-refractivity contribution in [2.45, 2.75) is 37.6 Å². The van der Waals surface area contributed by atoms with Gasteiger partial charge in [-0.25, -0.2) is 0 Å². The second kappa shape index (κ2) is 22.9. The quantitative estimate of drug-likeness (QED) is 0.251. The predicted molar refractivity (Wildman–Crippen MR) is 117 cm³/mol. The van der Waals surface area contributed by atoms with Crippen LogP contribution in [0.1, 0.15) is 19.3 Å². The van der Waals surface area contributed by atoms with Gasteiger partial charge in [-0.3, -0.25) is 0 Å². The molecule has 0 heterocycles. The Bertz CT molecular complexity index is 490. The van der Waals surface area contributed by atoms with E-state index in [4.69, 9.17) is 31.1 Å². The number of hydrogen-bond donors (Lipinski definition) is 3. The Morgan fingerprint density at radius 1 is 0.485 bits per heavy atom. The molecule has 0 saturated heterocycles. The van der Waals surface area contributed by atoms with Crippen molar-refractivity contribution in [1.82, 2.24) is 0 Å². The molecule has 0 fully saturated rings. The van der Waals surface area contributed by atoms with Gasteiger partial charge < -0.3 is 66.0 Å². The van der Waals surface area contributed by atoms with Crippen molar-refractivity contribution in [3.05, 3.63) is 0 Å². The SMILES string of the molecule is C[N+](C)(C)C[C@@H](O)CC#N.C[N+](C)(C)C[C@@H](O)CC#N.C[N+](C)(C)C[C@H](O)CC#N.[Cl-].[Cl-].[Cl-]. The highest BCUT2D eigenvalue weighted by molar-refractivity contribution is 4.75. The highest BCUT2D eigenvalue weighted by Crippen LogP contribution is 1.98. The van der Waals surface area contributed by atoms with E-state index in [1.165, 1.54) is 0 Å². The summed E-state index contributed by atoms with van der Waals surface area (Å²) in [4.78, 5) is 0. The first-order valence-corrected chi connectivity index (χ1v) is 9.93. The Labute approximate surface area is 220 Å². The minimum Gasteiger partial charge on any atom is -1.00 e. The molecule has 12 heteroatoms. The summed E-state index contributed by atoms with van der Waals surface area (Å²) < 4.78 is 2.09. The molecule has 0 aliphatic carbocycles. The predicted octanol–water partition coefficient (Wildman–Crippen LogP) is -9.09. The lowest BCUT2D eigenvalue weighted by atomic mass is 10.2. The Morgan fingerprint density at radius 2 is 0.636 bits per heavy atom. The van der Waals surface area contributed by atoms with Crippen LogP contribution >= 0.6 is 0 Å². The van der Waals surface area contributed by atoms with Crippen LogP contribution < -0.4 is 37.2 Å². The highest BCUT2D eigenvalue weighted by atomic mass is 35.5. The second-order valence-electron chi connectivity index (χ2n) is 10.5. The summed E-state index contributed by atoms with van der Waals surface area (Å²) in [6.45, 7) is 1.90. The average Bonchev–Trinajstić information content (AvgIpc) is 2.43. The molecule has 0 saturated carbocycles. The fourth-order valence-electron chi connectivity index (χ4n) is 2.41. The molecule has 0 bridgehead atoms. The van der Waals surface area contributed by atoms with Crippen LogP contribution in [0.4, 0.5) is 0 Å². The van der Waals surface area contributed by atoms with Gasteiger partial charge in [0.2, 0.25) is 0 Å². The lowest BCUT2D eigenvalue weighted by Crippen LogP contribution is -3.00. The van der Waals surface area contributed by atoms with Crippen LogP contribution in [0.2, 0.25) is 0 Å². The van der Waals surface area contributed by atoms with Gasteiger partial charge in [0, 0.05) is 0 Å². The van der Waals surface area contributed by atoms with E-state index in [9.17, 15) is 0 Å². The number of quaternary nitrogens is 3. The molecule has 0 aliphatic rings. The molecule has 0 aliphatic heterocycles. The van der Waals surface area contributed by atoms with Gasteiger partial charge in [-0.05, 0) is 0 Å². The number of hydrogen-bond acceptors (Lipinski definition) is 6. The number of aliphatic hydroxyl groups excluding tert-OH is 3. The molecule has 0 spiro atoms. The summed E-state index contributed by atoms with van der Waals surface area (Å²) in [7, 11) is 17.9. The summed E-state index contributed by atoms with van der Waals surface area (Å²) in [6, 6.07) is 5.79. The molecule has 0 aromatic heterocycles. The van der Waals surface area contributed by atoms with Gasteiger partial charge in [0.1, 0.15) is 37.9 Å². The van der Waals surface area contributed by atoms with Crippen LogP contribution in [-0.4, -0.2) is 130 Å². The number of likely N-dealkylation sites (N-methyl/N-ethyl adjacent to an activating group) is 3. The molecule has 0 radical (unpaired) electrons. The normalized spacial score (nSPS) is 13.0. The zero-order chi connectivity index (χ0) is 24.6. The van der Waals surface area contributed by atoms with Gasteiger partial charge in [0.05, 0.1) is 101 Å². The number of halogens is 3. The maximum Gasteiger partial charge on any atom is 0.116 e. The van der Waals surface area contributed by atoms with E-state index in [-0.39, 0.29) is 56.5 Å². The van der Waals surface area contributed by atoms with Crippen molar-refractivity contribution in [3.63, 3.8) is 0 Å². The third-order valence-corrected chi connectivity index (χ3v) is 3.26. The standard InChI is InChI=1S/3C7H15N2O.3ClH/c3*1-9(2,3)6-7(10)4-5-8;;;/h3*7,10H,4,6H2,1-3H3;3*1H/q3*+1;;;/p-3/t3*7-;;;/m100.../s1. The fraction of sp³-hybridized carbons (Fsp3) is 0.857. The van der Waals surface area contributed by atoms with Gasteiger partial charge in [-0.2, -0.15) is 15.8 Å². The molecule has 198 valence electrons. The third kappa shape index (κ3) is 49.4. The van der Waals surface area contributed by atoms with Crippen molar-refractivity contribution < 1.29 is 66.0 Å². The fourth-order valence-corrected chi connectivity index (χ4v) is 2.41. The van der Waals surface area contributed by atoms with Gasteiger partial charge in [-0.1, -0.05) is 0 Å². The van der Waals surface area contributed by atoms with Crippen molar-refractivity contribution in [2.75, 3.05) is 83.1 Å². The van der Waals surface area contributed by atoms with Crippen LogP contribution in [-0.2, 0) is 0 Å². The molecule has 3 N–H and O–H groups in total. The van der Waals surface area contributed by atoms with E-state index < -0.39 is 18.3 Å². The largest absolute Gasteiger partial charge is 1.00 e. The van der Waals surface area contributed by atoms with Crippen LogP contribution in [0.25, 0.3) is 0 Å².